The highest BCUT2D eigenvalue weighted by atomic mass is 16.2. The monoisotopic (exact) mass is 396 g/mol. The standard InChI is InChI=1S/C24H36N4O/c1-18(2)28-21-11-5-4-10-20(21)26-23(28)19-9-8-14-27(16-19)22(29)15-24(17-25)12-6-3-7-13-24/h4-5,10-11,18-19H,3,6-9,12-17,25H2,1-2H3. The maximum absolute atomic E-state index is 13.2. The van der Waals surface area contributed by atoms with Gasteiger partial charge in [-0.2, -0.15) is 0 Å². The highest BCUT2D eigenvalue weighted by Crippen LogP contribution is 2.39. The number of aromatic nitrogens is 2. The molecule has 2 aliphatic rings. The molecule has 1 amide bonds. The maximum atomic E-state index is 13.2. The Bertz CT molecular complexity index is 850. The molecule has 4 rings (SSSR count). The highest BCUT2D eigenvalue weighted by molar-refractivity contribution is 5.78. The number of fused-ring (bicyclic) bond motifs is 1. The van der Waals surface area contributed by atoms with Crippen molar-refractivity contribution >= 4 is 16.9 Å². The summed E-state index contributed by atoms with van der Waals surface area (Å²) in [6.07, 6.45) is 8.70. The summed E-state index contributed by atoms with van der Waals surface area (Å²) in [5.74, 6) is 1.75. The predicted octanol–water partition coefficient (Wildman–Crippen LogP) is 4.62. The molecule has 1 aromatic carbocycles. The second-order valence-corrected chi connectivity index (χ2v) is 9.54. The third kappa shape index (κ3) is 4.07. The number of hydrogen-bond donors (Lipinski definition) is 1. The minimum Gasteiger partial charge on any atom is -0.342 e. The van der Waals surface area contributed by atoms with Gasteiger partial charge in [-0.15, -0.1) is 0 Å². The number of nitrogens with two attached hydrogens (primary N) is 1. The zero-order valence-corrected chi connectivity index (χ0v) is 18.1. The molecule has 1 saturated carbocycles. The van der Waals surface area contributed by atoms with Crippen molar-refractivity contribution in [2.45, 2.75) is 77.2 Å². The molecule has 2 N–H and O–H groups in total. The SMILES string of the molecule is CC(C)n1c(C2CCCN(C(=O)CC3(CN)CCCCC3)C2)nc2ccccc21. The Morgan fingerprint density at radius 1 is 1.21 bits per heavy atom. The van der Waals surface area contributed by atoms with E-state index in [9.17, 15) is 4.79 Å². The Kier molecular flexibility index (Phi) is 5.95. The molecule has 5 heteroatoms. The number of rotatable bonds is 5. The van der Waals surface area contributed by atoms with Crippen molar-refractivity contribution in [1.29, 1.82) is 0 Å². The van der Waals surface area contributed by atoms with Crippen LogP contribution < -0.4 is 5.73 Å². The Hall–Kier alpha value is -1.88. The van der Waals surface area contributed by atoms with E-state index in [0.29, 0.717) is 30.8 Å². The summed E-state index contributed by atoms with van der Waals surface area (Å²) in [7, 11) is 0. The van der Waals surface area contributed by atoms with E-state index in [2.05, 4.69) is 47.6 Å². The third-order valence-corrected chi connectivity index (χ3v) is 7.15. The zero-order valence-electron chi connectivity index (χ0n) is 18.1. The van der Waals surface area contributed by atoms with Crippen molar-refractivity contribution in [1.82, 2.24) is 14.5 Å². The van der Waals surface area contributed by atoms with Crippen molar-refractivity contribution < 1.29 is 4.79 Å². The highest BCUT2D eigenvalue weighted by Gasteiger charge is 2.36. The van der Waals surface area contributed by atoms with E-state index >= 15 is 0 Å². The van der Waals surface area contributed by atoms with Crippen LogP contribution in [-0.2, 0) is 4.79 Å². The number of carbonyl (C=O) groups is 1. The molecule has 1 aliphatic heterocycles. The Morgan fingerprint density at radius 3 is 2.69 bits per heavy atom. The minimum absolute atomic E-state index is 0.0351. The molecule has 2 heterocycles. The maximum Gasteiger partial charge on any atom is 0.223 e. The van der Waals surface area contributed by atoms with Crippen LogP contribution >= 0.6 is 0 Å². The molecule has 158 valence electrons. The summed E-state index contributed by atoms with van der Waals surface area (Å²) in [5, 5.41) is 0. The summed E-state index contributed by atoms with van der Waals surface area (Å²) in [5.41, 5.74) is 8.44. The lowest BCUT2D eigenvalue weighted by Crippen LogP contribution is -2.44. The first-order chi connectivity index (χ1) is 14.0. The Morgan fingerprint density at radius 2 is 1.97 bits per heavy atom. The summed E-state index contributed by atoms with van der Waals surface area (Å²) in [6.45, 7) is 6.74. The smallest absolute Gasteiger partial charge is 0.223 e. The molecule has 1 aliphatic carbocycles. The van der Waals surface area contributed by atoms with Crippen LogP contribution in [0.3, 0.4) is 0 Å². The van der Waals surface area contributed by atoms with E-state index in [4.69, 9.17) is 10.7 Å². The van der Waals surface area contributed by atoms with Crippen molar-refractivity contribution in [2.75, 3.05) is 19.6 Å². The van der Waals surface area contributed by atoms with E-state index in [1.54, 1.807) is 0 Å². The van der Waals surface area contributed by atoms with Gasteiger partial charge in [0.15, 0.2) is 0 Å². The number of nitrogens with zero attached hydrogens (tertiary/aromatic N) is 3. The van der Waals surface area contributed by atoms with Crippen LogP contribution in [0.1, 0.15) is 83.0 Å². The summed E-state index contributed by atoms with van der Waals surface area (Å²) >= 11 is 0. The normalized spacial score (nSPS) is 22.3. The lowest BCUT2D eigenvalue weighted by molar-refractivity contribution is -0.135. The second kappa shape index (κ2) is 8.47. The van der Waals surface area contributed by atoms with Gasteiger partial charge in [-0.3, -0.25) is 4.79 Å². The molecule has 5 nitrogen and oxygen atoms in total. The molecule has 2 aromatic rings. The number of benzene rings is 1. The van der Waals surface area contributed by atoms with Gasteiger partial charge in [0.25, 0.3) is 0 Å². The molecule has 2 fully saturated rings. The number of carbonyl (C=O) groups excluding carboxylic acids is 1. The lowest BCUT2D eigenvalue weighted by atomic mass is 9.71. The number of para-hydroxylation sites is 2. The van der Waals surface area contributed by atoms with Crippen LogP contribution in [0.2, 0.25) is 0 Å². The molecule has 29 heavy (non-hydrogen) atoms. The first-order valence-electron chi connectivity index (χ1n) is 11.5. The largest absolute Gasteiger partial charge is 0.342 e. The molecular formula is C24H36N4O. The number of piperidine rings is 1. The number of likely N-dealkylation sites (tertiary alicyclic amines) is 1. The van der Waals surface area contributed by atoms with Gasteiger partial charge in [0.1, 0.15) is 5.82 Å². The third-order valence-electron chi connectivity index (χ3n) is 7.15. The Labute approximate surface area is 174 Å². The van der Waals surface area contributed by atoms with E-state index < -0.39 is 0 Å². The summed E-state index contributed by atoms with van der Waals surface area (Å²) in [6, 6.07) is 8.74. The predicted molar refractivity (Wildman–Crippen MR) is 118 cm³/mol. The molecule has 0 bridgehead atoms. The van der Waals surface area contributed by atoms with Gasteiger partial charge in [0.05, 0.1) is 11.0 Å². The molecule has 1 aromatic heterocycles. The fourth-order valence-electron chi connectivity index (χ4n) is 5.50. The van der Waals surface area contributed by atoms with Crippen LogP contribution in [0.4, 0.5) is 0 Å². The van der Waals surface area contributed by atoms with Gasteiger partial charge >= 0.3 is 0 Å². The summed E-state index contributed by atoms with van der Waals surface area (Å²) in [4.78, 5) is 20.3. The first-order valence-corrected chi connectivity index (χ1v) is 11.5. The van der Waals surface area contributed by atoms with Crippen LogP contribution in [0.5, 0.6) is 0 Å². The van der Waals surface area contributed by atoms with E-state index in [-0.39, 0.29) is 5.41 Å². The fourth-order valence-corrected chi connectivity index (χ4v) is 5.50. The van der Waals surface area contributed by atoms with Gasteiger partial charge in [-0.05, 0) is 63.6 Å². The van der Waals surface area contributed by atoms with Gasteiger partial charge in [0, 0.05) is 31.5 Å². The van der Waals surface area contributed by atoms with Crippen LogP contribution in [0, 0.1) is 5.41 Å². The average Bonchev–Trinajstić information content (AvgIpc) is 3.14. The van der Waals surface area contributed by atoms with Crippen molar-refractivity contribution in [2.24, 2.45) is 11.1 Å². The topological polar surface area (TPSA) is 64.2 Å². The van der Waals surface area contributed by atoms with E-state index in [0.717, 1.165) is 50.1 Å². The second-order valence-electron chi connectivity index (χ2n) is 9.54. The van der Waals surface area contributed by atoms with Crippen molar-refractivity contribution in [3.8, 4) is 0 Å². The van der Waals surface area contributed by atoms with Crippen molar-refractivity contribution in [3.05, 3.63) is 30.1 Å². The fraction of sp³-hybridized carbons (Fsp3) is 0.667. The van der Waals surface area contributed by atoms with E-state index in [1.165, 1.54) is 24.8 Å². The first kappa shape index (κ1) is 20.4. The molecule has 0 spiro atoms. The van der Waals surface area contributed by atoms with Gasteiger partial charge in [-0.25, -0.2) is 4.98 Å². The van der Waals surface area contributed by atoms with Gasteiger partial charge in [-0.1, -0.05) is 31.4 Å². The van der Waals surface area contributed by atoms with Gasteiger partial charge in [0.2, 0.25) is 5.91 Å². The van der Waals surface area contributed by atoms with Crippen LogP contribution in [0.15, 0.2) is 24.3 Å². The molecule has 0 radical (unpaired) electrons. The zero-order chi connectivity index (χ0) is 20.4. The van der Waals surface area contributed by atoms with Gasteiger partial charge < -0.3 is 15.2 Å². The van der Waals surface area contributed by atoms with Crippen LogP contribution in [-0.4, -0.2) is 40.0 Å². The molecule has 1 atom stereocenters. The van der Waals surface area contributed by atoms with E-state index in [1.807, 2.05) is 0 Å². The lowest BCUT2D eigenvalue weighted by Gasteiger charge is -2.39. The molecule has 1 unspecified atom stereocenters. The number of hydrogen-bond acceptors (Lipinski definition) is 3. The minimum atomic E-state index is 0.0351. The average molecular weight is 397 g/mol. The number of amides is 1. The summed E-state index contributed by atoms with van der Waals surface area (Å²) < 4.78 is 2.37. The molecule has 1 saturated heterocycles. The number of imidazole rings is 1. The quantitative estimate of drug-likeness (QED) is 0.802. The van der Waals surface area contributed by atoms with Crippen LogP contribution in [0.25, 0.3) is 11.0 Å². The van der Waals surface area contributed by atoms with Crippen molar-refractivity contribution in [3.63, 3.8) is 0 Å². The Balaban J connectivity index is 1.53. The molecular weight excluding hydrogens is 360 g/mol.